The fraction of sp³-hybridized carbons (Fsp3) is 0.417. The van der Waals surface area contributed by atoms with Gasteiger partial charge in [-0.25, -0.2) is 4.39 Å². The molecule has 0 bridgehead atoms. The highest BCUT2D eigenvalue weighted by Gasteiger charge is 2.47. The van der Waals surface area contributed by atoms with Crippen LogP contribution in [0, 0.1) is 17.2 Å². The summed E-state index contributed by atoms with van der Waals surface area (Å²) in [5, 5.41) is 34.9. The van der Waals surface area contributed by atoms with E-state index >= 15 is 4.39 Å². The van der Waals surface area contributed by atoms with Gasteiger partial charge in [0.05, 0.1) is 24.9 Å². The summed E-state index contributed by atoms with van der Waals surface area (Å²) in [6, 6.07) is 7.14. The Hall–Kier alpha value is -4.31. The van der Waals surface area contributed by atoms with Crippen molar-refractivity contribution in [3.63, 3.8) is 0 Å². The first-order valence-electron chi connectivity index (χ1n) is 11.9. The molecule has 3 heterocycles. The lowest BCUT2D eigenvalue weighted by molar-refractivity contribution is -0.117. The van der Waals surface area contributed by atoms with Gasteiger partial charge in [-0.3, -0.25) is 19.2 Å². The first kappa shape index (κ1) is 24.4. The lowest BCUT2D eigenvalue weighted by Crippen LogP contribution is -2.54. The molecule has 37 heavy (non-hydrogen) atoms. The van der Waals surface area contributed by atoms with Crippen LogP contribution in [0.4, 0.5) is 10.2 Å². The van der Waals surface area contributed by atoms with Crippen LogP contribution >= 0.6 is 0 Å². The molecule has 1 saturated heterocycles. The number of nitrogens with one attached hydrogen (secondary N) is 1. The number of aromatic nitrogens is 5. The van der Waals surface area contributed by atoms with Gasteiger partial charge in [0.25, 0.3) is 5.91 Å². The number of alkyl halides is 1. The van der Waals surface area contributed by atoms with E-state index in [1.807, 2.05) is 11.0 Å². The summed E-state index contributed by atoms with van der Waals surface area (Å²) in [4.78, 5) is 27.5. The zero-order valence-electron chi connectivity index (χ0n) is 19.9. The van der Waals surface area contributed by atoms with Crippen LogP contribution in [-0.4, -0.2) is 65.9 Å². The van der Waals surface area contributed by atoms with Crippen LogP contribution in [0.3, 0.4) is 0 Å². The number of hydrogen-bond donors (Lipinski definition) is 3. The smallest absolute Gasteiger partial charge is 0.254 e. The Bertz CT molecular complexity index is 1360. The predicted octanol–water partition coefficient (Wildman–Crippen LogP) is 1.47. The van der Waals surface area contributed by atoms with Crippen LogP contribution in [0.25, 0.3) is 5.69 Å². The van der Waals surface area contributed by atoms with Gasteiger partial charge in [-0.05, 0) is 37.0 Å². The number of likely N-dealkylation sites (tertiary alicyclic amines) is 1. The molecule has 0 radical (unpaired) electrons. The molecule has 3 aromatic rings. The Morgan fingerprint density at radius 2 is 2.05 bits per heavy atom. The van der Waals surface area contributed by atoms with E-state index in [2.05, 4.69) is 26.7 Å². The first-order chi connectivity index (χ1) is 17.8. The SMILES string of the molecule is N#CCC1(n2cc(C(N)=O)c(NC(=O)C3CC3)n2)CCN(Cc2ccc(-n3nccn3)c(O)c2)CC1F. The van der Waals surface area contributed by atoms with Crippen molar-refractivity contribution in [2.45, 2.75) is 43.9 Å². The van der Waals surface area contributed by atoms with Crippen LogP contribution in [-0.2, 0) is 16.9 Å². The number of anilines is 1. The predicted molar refractivity (Wildman–Crippen MR) is 128 cm³/mol. The Balaban J connectivity index is 1.34. The van der Waals surface area contributed by atoms with Crippen molar-refractivity contribution in [2.75, 3.05) is 18.4 Å². The molecule has 0 spiro atoms. The molecular weight excluding hydrogens is 481 g/mol. The van der Waals surface area contributed by atoms with E-state index < -0.39 is 17.6 Å². The molecule has 2 fully saturated rings. The van der Waals surface area contributed by atoms with Crippen LogP contribution < -0.4 is 11.1 Å². The normalized spacial score (nSPS) is 21.9. The molecule has 2 aliphatic rings. The maximum Gasteiger partial charge on any atom is 0.254 e. The molecule has 192 valence electrons. The number of aromatic hydroxyl groups is 1. The van der Waals surface area contributed by atoms with E-state index in [1.165, 1.54) is 28.1 Å². The molecule has 2 atom stereocenters. The first-order valence-corrected chi connectivity index (χ1v) is 11.9. The minimum atomic E-state index is -1.50. The molecule has 12 nitrogen and oxygen atoms in total. The second kappa shape index (κ2) is 9.62. The number of primary amides is 1. The summed E-state index contributed by atoms with van der Waals surface area (Å²) in [7, 11) is 0. The molecule has 13 heteroatoms. The molecule has 5 rings (SSSR count). The largest absolute Gasteiger partial charge is 0.506 e. The van der Waals surface area contributed by atoms with E-state index in [9.17, 15) is 20.0 Å². The highest BCUT2D eigenvalue weighted by Crippen LogP contribution is 2.38. The third-order valence-electron chi connectivity index (χ3n) is 6.95. The summed E-state index contributed by atoms with van der Waals surface area (Å²) in [6.07, 6.45) is 4.42. The van der Waals surface area contributed by atoms with Crippen LogP contribution in [0.15, 0.2) is 36.8 Å². The average molecular weight is 508 g/mol. The molecule has 1 saturated carbocycles. The zero-order chi connectivity index (χ0) is 26.2. The maximum atomic E-state index is 15.9. The minimum absolute atomic E-state index is 0.000433. The monoisotopic (exact) mass is 507 g/mol. The van der Waals surface area contributed by atoms with Crippen molar-refractivity contribution in [3.8, 4) is 17.5 Å². The summed E-state index contributed by atoms with van der Waals surface area (Å²) < 4.78 is 17.2. The van der Waals surface area contributed by atoms with E-state index in [0.29, 0.717) is 18.8 Å². The molecule has 1 aliphatic heterocycles. The van der Waals surface area contributed by atoms with Crippen molar-refractivity contribution in [2.24, 2.45) is 11.7 Å². The molecule has 1 aliphatic carbocycles. The fourth-order valence-electron chi connectivity index (χ4n) is 4.69. The summed E-state index contributed by atoms with van der Waals surface area (Å²) in [5.74, 6) is -1.20. The molecule has 4 N–H and O–H groups in total. The number of carbonyl (C=O) groups is 2. The van der Waals surface area contributed by atoms with Gasteiger partial charge in [-0.2, -0.15) is 20.6 Å². The Labute approximate surface area is 211 Å². The number of nitrogens with zero attached hydrogens (tertiary/aromatic N) is 7. The molecular formula is C24H26FN9O3. The molecule has 2 unspecified atom stereocenters. The fourth-order valence-corrected chi connectivity index (χ4v) is 4.69. The minimum Gasteiger partial charge on any atom is -0.506 e. The summed E-state index contributed by atoms with van der Waals surface area (Å²) >= 11 is 0. The van der Waals surface area contributed by atoms with Crippen molar-refractivity contribution in [3.05, 3.63) is 47.9 Å². The molecule has 2 aromatic heterocycles. The van der Waals surface area contributed by atoms with Gasteiger partial charge in [-0.1, -0.05) is 6.07 Å². The highest BCUT2D eigenvalue weighted by atomic mass is 19.1. The summed E-state index contributed by atoms with van der Waals surface area (Å²) in [6.45, 7) is 0.805. The summed E-state index contributed by atoms with van der Waals surface area (Å²) in [5.41, 5.74) is 5.35. The van der Waals surface area contributed by atoms with E-state index in [-0.39, 0.29) is 48.3 Å². The van der Waals surface area contributed by atoms with Gasteiger partial charge in [0.2, 0.25) is 5.91 Å². The van der Waals surface area contributed by atoms with Crippen molar-refractivity contribution >= 4 is 17.6 Å². The third-order valence-corrected chi connectivity index (χ3v) is 6.95. The van der Waals surface area contributed by atoms with Crippen molar-refractivity contribution in [1.29, 1.82) is 5.26 Å². The molecule has 1 aromatic carbocycles. The van der Waals surface area contributed by atoms with Gasteiger partial charge in [0, 0.05) is 31.7 Å². The number of rotatable bonds is 8. The zero-order valence-corrected chi connectivity index (χ0v) is 19.9. The quantitative estimate of drug-likeness (QED) is 0.412. The van der Waals surface area contributed by atoms with E-state index in [1.54, 1.807) is 12.1 Å². The second-order valence-electron chi connectivity index (χ2n) is 9.50. The number of piperidine rings is 1. The number of nitrogens with two attached hydrogens (primary N) is 1. The van der Waals surface area contributed by atoms with Gasteiger partial charge in [0.1, 0.15) is 28.7 Å². The van der Waals surface area contributed by atoms with Gasteiger partial charge in [-0.15, -0.1) is 4.80 Å². The number of carbonyl (C=O) groups excluding carboxylic acids is 2. The van der Waals surface area contributed by atoms with E-state index in [0.717, 1.165) is 18.4 Å². The standard InChI is InChI=1S/C24H26FN9O3/c25-20-14-32(12-15-1-4-18(19(35)11-15)34-28-8-9-29-34)10-6-24(20,5-7-26)33-13-17(21(27)36)22(31-33)30-23(37)16-2-3-16/h1,4,8-9,11,13,16,20,35H,2-3,5-6,10,12,14H2,(H2,27,36)(H,30,31,37). The van der Waals surface area contributed by atoms with Crippen LogP contribution in [0.1, 0.15) is 41.6 Å². The Kier molecular flexibility index (Phi) is 6.34. The number of nitriles is 1. The average Bonchev–Trinajstić information content (AvgIpc) is 3.40. The lowest BCUT2D eigenvalue weighted by atomic mass is 9.83. The number of halogens is 1. The highest BCUT2D eigenvalue weighted by molar-refractivity contribution is 6.02. The number of hydrogen-bond acceptors (Lipinski definition) is 8. The Morgan fingerprint density at radius 3 is 2.68 bits per heavy atom. The number of amides is 2. The van der Waals surface area contributed by atoms with Crippen molar-refractivity contribution in [1.82, 2.24) is 29.7 Å². The maximum absolute atomic E-state index is 15.9. The van der Waals surface area contributed by atoms with Crippen molar-refractivity contribution < 1.29 is 19.1 Å². The number of benzene rings is 1. The van der Waals surface area contributed by atoms with Gasteiger partial charge < -0.3 is 16.2 Å². The molecule has 2 amide bonds. The Morgan fingerprint density at radius 1 is 1.30 bits per heavy atom. The van der Waals surface area contributed by atoms with Crippen LogP contribution in [0.5, 0.6) is 5.75 Å². The second-order valence-corrected chi connectivity index (χ2v) is 9.50. The lowest BCUT2D eigenvalue weighted by Gasteiger charge is -2.43. The third kappa shape index (κ3) is 4.75. The van der Waals surface area contributed by atoms with Gasteiger partial charge >= 0.3 is 0 Å². The number of phenols is 1. The topological polar surface area (TPSA) is 168 Å². The van der Waals surface area contributed by atoms with Crippen LogP contribution in [0.2, 0.25) is 0 Å². The van der Waals surface area contributed by atoms with Gasteiger partial charge in [0.15, 0.2) is 5.82 Å². The number of phenolic OH excluding ortho intramolecular Hbond substituents is 1. The van der Waals surface area contributed by atoms with E-state index in [4.69, 9.17) is 5.73 Å².